The van der Waals surface area contributed by atoms with Gasteiger partial charge in [0, 0.05) is 6.04 Å². The molecule has 2 aliphatic heterocycles. The number of hydrogen-bond donors (Lipinski definition) is 3. The Morgan fingerprint density at radius 3 is 2.80 bits per heavy atom. The van der Waals surface area contributed by atoms with E-state index in [1.807, 2.05) is 0 Å². The third-order valence-electron chi connectivity index (χ3n) is 4.89. The molecule has 0 aliphatic carbocycles. The Balaban J connectivity index is 1.80. The monoisotopic (exact) mass is 344 g/mol. The first-order valence-electron chi connectivity index (χ1n) is 8.47. The van der Waals surface area contributed by atoms with E-state index in [1.165, 1.54) is 11.0 Å². The van der Waals surface area contributed by atoms with Gasteiger partial charge in [-0.1, -0.05) is 12.1 Å². The number of carbonyl (C=O) groups is 1. The second-order valence-corrected chi connectivity index (χ2v) is 6.55. The van der Waals surface area contributed by atoms with Crippen molar-refractivity contribution in [3.8, 4) is 0 Å². The molecule has 2 amide bonds. The number of carbonyl (C=O) groups excluding carboxylic acids is 1. The Hall–Kier alpha value is -2.61. The van der Waals surface area contributed by atoms with Crippen LogP contribution in [-0.2, 0) is 6.54 Å². The Bertz CT molecular complexity index is 793. The summed E-state index contributed by atoms with van der Waals surface area (Å²) in [6.07, 6.45) is 1.64. The van der Waals surface area contributed by atoms with E-state index in [-0.39, 0.29) is 24.6 Å². The van der Waals surface area contributed by atoms with Gasteiger partial charge < -0.3 is 16.0 Å². The average molecular weight is 344 g/mol. The maximum Gasteiger partial charge on any atom is 0.330 e. The highest BCUT2D eigenvalue weighted by Crippen LogP contribution is 2.36. The van der Waals surface area contributed by atoms with E-state index in [0.717, 1.165) is 37.2 Å². The topological polar surface area (TPSA) is 90.3 Å². The molecule has 8 heteroatoms. The van der Waals surface area contributed by atoms with E-state index in [1.54, 1.807) is 24.0 Å². The molecule has 1 aromatic heterocycles. The number of H-pyrrole nitrogens is 1. The van der Waals surface area contributed by atoms with Crippen LogP contribution in [0.4, 0.5) is 26.6 Å². The summed E-state index contributed by atoms with van der Waals surface area (Å²) in [6.45, 7) is 3.70. The maximum absolute atomic E-state index is 14.5. The van der Waals surface area contributed by atoms with Gasteiger partial charge in [-0.15, -0.1) is 0 Å². The quantitative estimate of drug-likeness (QED) is 0.778. The summed E-state index contributed by atoms with van der Waals surface area (Å²) in [5.41, 5.74) is 7.59. The number of fused-ring (bicyclic) bond motifs is 1. The van der Waals surface area contributed by atoms with Crippen molar-refractivity contribution in [3.63, 3.8) is 0 Å². The predicted octanol–water partition coefficient (Wildman–Crippen LogP) is 2.14. The number of benzene rings is 1. The molecular formula is C17H21FN6O. The van der Waals surface area contributed by atoms with E-state index >= 15 is 0 Å². The molecule has 0 spiro atoms. The fraction of sp³-hybridized carbons (Fsp3) is 0.412. The molecule has 4 rings (SSSR count). The Labute approximate surface area is 145 Å². The van der Waals surface area contributed by atoms with Crippen molar-refractivity contribution in [2.45, 2.75) is 32.4 Å². The molecule has 2 aliphatic rings. The van der Waals surface area contributed by atoms with Crippen LogP contribution in [0.3, 0.4) is 0 Å². The van der Waals surface area contributed by atoms with Crippen LogP contribution in [0.1, 0.15) is 24.1 Å². The van der Waals surface area contributed by atoms with E-state index in [2.05, 4.69) is 15.3 Å². The molecule has 1 fully saturated rings. The molecule has 7 nitrogen and oxygen atoms in total. The fourth-order valence-corrected chi connectivity index (χ4v) is 3.71. The molecule has 0 unspecified atom stereocenters. The Morgan fingerprint density at radius 2 is 2.08 bits per heavy atom. The molecule has 1 aromatic carbocycles. The molecule has 0 bridgehead atoms. The third-order valence-corrected chi connectivity index (χ3v) is 4.89. The van der Waals surface area contributed by atoms with Gasteiger partial charge >= 0.3 is 6.03 Å². The summed E-state index contributed by atoms with van der Waals surface area (Å²) in [5.74, 6) is 0.429. The van der Waals surface area contributed by atoms with Crippen LogP contribution in [-0.4, -0.2) is 35.1 Å². The van der Waals surface area contributed by atoms with E-state index in [9.17, 15) is 9.18 Å². The van der Waals surface area contributed by atoms with Gasteiger partial charge in [0.05, 0.1) is 17.9 Å². The summed E-state index contributed by atoms with van der Waals surface area (Å²) < 4.78 is 14.5. The highest BCUT2D eigenvalue weighted by Gasteiger charge is 2.39. The Kier molecular flexibility index (Phi) is 3.84. The van der Waals surface area contributed by atoms with Gasteiger partial charge in [0.25, 0.3) is 0 Å². The zero-order valence-electron chi connectivity index (χ0n) is 14.1. The summed E-state index contributed by atoms with van der Waals surface area (Å²) in [4.78, 5) is 23.8. The van der Waals surface area contributed by atoms with Gasteiger partial charge in [-0.05, 0) is 44.5 Å². The third kappa shape index (κ3) is 2.62. The van der Waals surface area contributed by atoms with Gasteiger partial charge in [-0.25, -0.2) is 9.18 Å². The van der Waals surface area contributed by atoms with Crippen molar-refractivity contribution in [2.24, 2.45) is 0 Å². The van der Waals surface area contributed by atoms with Gasteiger partial charge in [0.1, 0.15) is 5.82 Å². The van der Waals surface area contributed by atoms with E-state index in [0.29, 0.717) is 11.5 Å². The zero-order chi connectivity index (χ0) is 17.6. The number of nitrogens with zero attached hydrogens (tertiary/aromatic N) is 3. The lowest BCUT2D eigenvalue weighted by atomic mass is 10.0. The van der Waals surface area contributed by atoms with Gasteiger partial charge in [-0.2, -0.15) is 4.98 Å². The highest BCUT2D eigenvalue weighted by atomic mass is 19.1. The van der Waals surface area contributed by atoms with Crippen molar-refractivity contribution in [2.75, 3.05) is 28.6 Å². The van der Waals surface area contributed by atoms with Crippen LogP contribution in [0, 0.1) is 12.7 Å². The van der Waals surface area contributed by atoms with Crippen molar-refractivity contribution in [3.05, 3.63) is 35.3 Å². The number of nitrogens with two attached hydrogens (primary N) is 1. The van der Waals surface area contributed by atoms with Crippen LogP contribution >= 0.6 is 0 Å². The van der Waals surface area contributed by atoms with E-state index < -0.39 is 5.82 Å². The van der Waals surface area contributed by atoms with Gasteiger partial charge in [-0.3, -0.25) is 9.80 Å². The molecule has 2 aromatic rings. The number of piperidine rings is 1. The number of amides is 2. The van der Waals surface area contributed by atoms with Crippen molar-refractivity contribution < 1.29 is 9.18 Å². The van der Waals surface area contributed by atoms with Crippen LogP contribution < -0.4 is 20.9 Å². The van der Waals surface area contributed by atoms with Crippen molar-refractivity contribution in [1.82, 2.24) is 15.3 Å². The lowest BCUT2D eigenvalue weighted by Gasteiger charge is -2.40. The first kappa shape index (κ1) is 15.9. The molecule has 25 heavy (non-hydrogen) atoms. The molecule has 0 atom stereocenters. The minimum atomic E-state index is -0.408. The molecule has 3 heterocycles. The zero-order valence-corrected chi connectivity index (χ0v) is 14.1. The van der Waals surface area contributed by atoms with Crippen LogP contribution in [0.5, 0.6) is 0 Å². The lowest BCUT2D eigenvalue weighted by molar-refractivity contribution is 0.245. The van der Waals surface area contributed by atoms with Crippen molar-refractivity contribution >= 4 is 23.5 Å². The standard InChI is InChI=1S/C17H21FN6O/c1-10-3-2-4-12(18)14(10)23-9-13-15(22-16(19)21-13)24(17(23)25)11-5-7-20-8-6-11/h2-4,11,20H,5-9H2,1H3,(H3,19,21,22). The lowest BCUT2D eigenvalue weighted by Crippen LogP contribution is -2.54. The van der Waals surface area contributed by atoms with Crippen LogP contribution in [0.15, 0.2) is 18.2 Å². The number of nitrogens with one attached hydrogen (secondary N) is 2. The fourth-order valence-electron chi connectivity index (χ4n) is 3.71. The molecule has 4 N–H and O–H groups in total. The molecular weight excluding hydrogens is 323 g/mol. The normalized spacial score (nSPS) is 18.6. The van der Waals surface area contributed by atoms with Crippen LogP contribution in [0.25, 0.3) is 0 Å². The van der Waals surface area contributed by atoms with Crippen molar-refractivity contribution in [1.29, 1.82) is 0 Å². The number of para-hydroxylation sites is 1. The number of nitrogen functional groups attached to an aromatic ring is 1. The molecule has 1 saturated heterocycles. The van der Waals surface area contributed by atoms with Crippen LogP contribution in [0.2, 0.25) is 0 Å². The predicted molar refractivity (Wildman–Crippen MR) is 94.1 cm³/mol. The summed E-state index contributed by atoms with van der Waals surface area (Å²) in [7, 11) is 0. The minimum absolute atomic E-state index is 0.0186. The SMILES string of the molecule is Cc1cccc(F)c1N1Cc2[nH]c(N)nc2N(C2CCNCC2)C1=O. The number of halogens is 1. The first-order chi connectivity index (χ1) is 12.1. The first-order valence-corrected chi connectivity index (χ1v) is 8.47. The molecule has 0 radical (unpaired) electrons. The highest BCUT2D eigenvalue weighted by molar-refractivity contribution is 6.06. The number of imidazole rings is 1. The number of aromatic nitrogens is 2. The summed E-state index contributed by atoms with van der Waals surface area (Å²) >= 11 is 0. The van der Waals surface area contributed by atoms with Gasteiger partial charge in [0.2, 0.25) is 0 Å². The minimum Gasteiger partial charge on any atom is -0.369 e. The second kappa shape index (κ2) is 6.03. The summed E-state index contributed by atoms with van der Waals surface area (Å²) in [6, 6.07) is 4.59. The number of urea groups is 1. The number of rotatable bonds is 2. The molecule has 132 valence electrons. The Morgan fingerprint density at radius 1 is 1.32 bits per heavy atom. The number of anilines is 3. The smallest absolute Gasteiger partial charge is 0.330 e. The number of aryl methyl sites for hydroxylation is 1. The average Bonchev–Trinajstić information content (AvgIpc) is 2.95. The maximum atomic E-state index is 14.5. The van der Waals surface area contributed by atoms with Gasteiger partial charge in [0.15, 0.2) is 11.8 Å². The summed E-state index contributed by atoms with van der Waals surface area (Å²) in [5, 5.41) is 3.29. The largest absolute Gasteiger partial charge is 0.369 e. The molecule has 0 saturated carbocycles. The number of aromatic amines is 1. The van der Waals surface area contributed by atoms with E-state index in [4.69, 9.17) is 5.73 Å². The number of hydrogen-bond acceptors (Lipinski definition) is 4. The second-order valence-electron chi connectivity index (χ2n) is 6.55.